The molecule has 1 aromatic heterocycles. The van der Waals surface area contributed by atoms with Crippen LogP contribution in [0, 0.1) is 0 Å². The first kappa shape index (κ1) is 20.7. The first-order valence-corrected chi connectivity index (χ1v) is 10.5. The minimum Gasteiger partial charge on any atom is -0.388 e. The van der Waals surface area contributed by atoms with Crippen LogP contribution in [0.4, 0.5) is 5.95 Å². The number of aliphatic hydroxyl groups excluding tert-OH is 1. The van der Waals surface area contributed by atoms with Gasteiger partial charge >= 0.3 is 0 Å². The number of rotatable bonds is 5. The highest BCUT2D eigenvalue weighted by Crippen LogP contribution is 2.25. The lowest BCUT2D eigenvalue weighted by atomic mass is 9.87. The number of benzene rings is 1. The van der Waals surface area contributed by atoms with Gasteiger partial charge in [-0.25, -0.2) is 9.97 Å². The molecule has 30 heavy (non-hydrogen) atoms. The minimum absolute atomic E-state index is 0.0150. The summed E-state index contributed by atoms with van der Waals surface area (Å²) in [5.41, 5.74) is -0.243. The maximum absolute atomic E-state index is 12.6. The molecule has 0 bridgehead atoms. The smallest absolute Gasteiger partial charge is 0.227 e. The Hall–Kier alpha value is -2.55. The number of hydrogen-bond donors (Lipinski definition) is 2. The maximum atomic E-state index is 12.6. The Labute approximate surface area is 176 Å². The van der Waals surface area contributed by atoms with Gasteiger partial charge in [-0.1, -0.05) is 30.3 Å². The molecule has 2 aliphatic rings. The second-order valence-electron chi connectivity index (χ2n) is 8.18. The number of piperazine rings is 1. The van der Waals surface area contributed by atoms with Gasteiger partial charge in [0.15, 0.2) is 0 Å². The van der Waals surface area contributed by atoms with Gasteiger partial charge in [-0.15, -0.1) is 0 Å². The van der Waals surface area contributed by atoms with E-state index in [0.29, 0.717) is 25.9 Å². The van der Waals surface area contributed by atoms with E-state index in [-0.39, 0.29) is 12.5 Å². The Morgan fingerprint density at radius 2 is 1.73 bits per heavy atom. The molecular formula is C22H29N5O3. The largest absolute Gasteiger partial charge is 0.388 e. The van der Waals surface area contributed by atoms with Crippen molar-refractivity contribution in [1.29, 1.82) is 0 Å². The van der Waals surface area contributed by atoms with Gasteiger partial charge in [0.2, 0.25) is 11.9 Å². The fourth-order valence-electron chi connectivity index (χ4n) is 4.21. The number of carbonyl (C=O) groups excluding carboxylic acids is 1. The highest BCUT2D eigenvalue weighted by molar-refractivity contribution is 5.79. The Balaban J connectivity index is 1.28. The number of likely N-dealkylation sites (tertiary alicyclic amines) is 1. The number of amides is 1. The standard InChI is InChI=1S/C22H29N5O3/c28-19-16-27(20(29)15-18-5-2-1-3-6-18)10-7-22(19,30)17-25-11-13-26(14-12-25)21-23-8-4-9-24-21/h1-6,8-9,19,28,30H,7,10-17H2/t19-,22-/m0/s1. The molecular weight excluding hydrogens is 382 g/mol. The van der Waals surface area contributed by atoms with Crippen molar-refractivity contribution in [2.45, 2.75) is 24.5 Å². The molecule has 160 valence electrons. The van der Waals surface area contributed by atoms with E-state index >= 15 is 0 Å². The Morgan fingerprint density at radius 3 is 2.40 bits per heavy atom. The second-order valence-corrected chi connectivity index (χ2v) is 8.18. The number of carbonyl (C=O) groups is 1. The van der Waals surface area contributed by atoms with Crippen LogP contribution in [0.25, 0.3) is 0 Å². The summed E-state index contributed by atoms with van der Waals surface area (Å²) in [7, 11) is 0. The highest BCUT2D eigenvalue weighted by Gasteiger charge is 2.43. The van der Waals surface area contributed by atoms with E-state index in [1.807, 2.05) is 30.3 Å². The van der Waals surface area contributed by atoms with Crippen molar-refractivity contribution in [2.75, 3.05) is 50.7 Å². The molecule has 4 rings (SSSR count). The van der Waals surface area contributed by atoms with Gasteiger partial charge in [0.05, 0.1) is 6.42 Å². The number of aliphatic hydroxyl groups is 2. The van der Waals surface area contributed by atoms with Crippen molar-refractivity contribution in [2.24, 2.45) is 0 Å². The van der Waals surface area contributed by atoms with Gasteiger partial charge in [0.25, 0.3) is 0 Å². The summed E-state index contributed by atoms with van der Waals surface area (Å²) >= 11 is 0. The van der Waals surface area contributed by atoms with E-state index in [9.17, 15) is 15.0 Å². The zero-order valence-corrected chi connectivity index (χ0v) is 17.1. The van der Waals surface area contributed by atoms with Gasteiger partial charge in [-0.3, -0.25) is 9.69 Å². The number of anilines is 1. The monoisotopic (exact) mass is 411 g/mol. The highest BCUT2D eigenvalue weighted by atomic mass is 16.3. The fourth-order valence-corrected chi connectivity index (χ4v) is 4.21. The fraction of sp³-hybridized carbons (Fsp3) is 0.500. The van der Waals surface area contributed by atoms with Crippen LogP contribution < -0.4 is 4.90 Å². The van der Waals surface area contributed by atoms with Crippen molar-refractivity contribution in [3.63, 3.8) is 0 Å². The first-order chi connectivity index (χ1) is 14.5. The van der Waals surface area contributed by atoms with Gasteiger partial charge in [0.1, 0.15) is 11.7 Å². The molecule has 0 unspecified atom stereocenters. The van der Waals surface area contributed by atoms with Crippen LogP contribution in [0.1, 0.15) is 12.0 Å². The zero-order valence-electron chi connectivity index (χ0n) is 17.1. The van der Waals surface area contributed by atoms with Gasteiger partial charge in [-0.2, -0.15) is 0 Å². The molecule has 2 saturated heterocycles. The third-order valence-electron chi connectivity index (χ3n) is 6.08. The van der Waals surface area contributed by atoms with Gasteiger partial charge in [-0.05, 0) is 18.1 Å². The van der Waals surface area contributed by atoms with Crippen molar-refractivity contribution in [1.82, 2.24) is 19.8 Å². The average molecular weight is 412 g/mol. The van der Waals surface area contributed by atoms with Crippen molar-refractivity contribution in [3.8, 4) is 0 Å². The number of hydrogen-bond acceptors (Lipinski definition) is 7. The van der Waals surface area contributed by atoms with Crippen LogP contribution in [0.15, 0.2) is 48.8 Å². The molecule has 1 aromatic carbocycles. The topological polar surface area (TPSA) is 93.0 Å². The Bertz CT molecular complexity index is 829. The van der Waals surface area contributed by atoms with Gasteiger partial charge in [0, 0.05) is 58.2 Å². The summed E-state index contributed by atoms with van der Waals surface area (Å²) in [6.07, 6.45) is 3.20. The molecule has 0 saturated carbocycles. The Morgan fingerprint density at radius 1 is 1.03 bits per heavy atom. The molecule has 2 N–H and O–H groups in total. The normalized spacial score (nSPS) is 25.3. The maximum Gasteiger partial charge on any atom is 0.227 e. The second kappa shape index (κ2) is 9.07. The number of aromatic nitrogens is 2. The molecule has 2 aliphatic heterocycles. The number of nitrogens with zero attached hydrogens (tertiary/aromatic N) is 5. The summed E-state index contributed by atoms with van der Waals surface area (Å²) < 4.78 is 0. The van der Waals surface area contributed by atoms with Crippen molar-refractivity contribution >= 4 is 11.9 Å². The number of β-amino-alcohol motifs (C(OH)–C–C–N with tert-alkyl or cyclic N) is 2. The number of piperidine rings is 1. The zero-order chi connectivity index (χ0) is 21.0. The molecule has 8 nitrogen and oxygen atoms in total. The molecule has 1 amide bonds. The van der Waals surface area contributed by atoms with Crippen LogP contribution >= 0.6 is 0 Å². The summed E-state index contributed by atoms with van der Waals surface area (Å²) in [5.74, 6) is 0.708. The van der Waals surface area contributed by atoms with Crippen LogP contribution in [0.3, 0.4) is 0 Å². The lowest BCUT2D eigenvalue weighted by molar-refractivity contribution is -0.153. The lowest BCUT2D eigenvalue weighted by Gasteiger charge is -2.45. The predicted molar refractivity (Wildman–Crippen MR) is 113 cm³/mol. The average Bonchev–Trinajstić information content (AvgIpc) is 2.77. The van der Waals surface area contributed by atoms with E-state index < -0.39 is 11.7 Å². The first-order valence-electron chi connectivity index (χ1n) is 10.5. The van der Waals surface area contributed by atoms with Crippen LogP contribution in [-0.4, -0.2) is 93.4 Å². The van der Waals surface area contributed by atoms with E-state index in [4.69, 9.17) is 0 Å². The van der Waals surface area contributed by atoms with E-state index in [1.165, 1.54) is 0 Å². The van der Waals surface area contributed by atoms with Crippen LogP contribution in [0.2, 0.25) is 0 Å². The quantitative estimate of drug-likeness (QED) is 0.724. The van der Waals surface area contributed by atoms with Crippen molar-refractivity contribution in [3.05, 3.63) is 54.4 Å². The van der Waals surface area contributed by atoms with Crippen molar-refractivity contribution < 1.29 is 15.0 Å². The van der Waals surface area contributed by atoms with E-state index in [2.05, 4.69) is 19.8 Å². The minimum atomic E-state index is -1.20. The third kappa shape index (κ3) is 4.77. The van der Waals surface area contributed by atoms with Crippen LogP contribution in [-0.2, 0) is 11.2 Å². The molecule has 2 fully saturated rings. The summed E-state index contributed by atoms with van der Waals surface area (Å²) in [4.78, 5) is 27.1. The third-order valence-corrected chi connectivity index (χ3v) is 6.08. The predicted octanol–water partition coefficient (Wildman–Crippen LogP) is 0.166. The molecule has 0 spiro atoms. The molecule has 8 heteroatoms. The van der Waals surface area contributed by atoms with Crippen LogP contribution in [0.5, 0.6) is 0 Å². The van der Waals surface area contributed by atoms with Gasteiger partial charge < -0.3 is 20.0 Å². The Kier molecular flexibility index (Phi) is 6.26. The summed E-state index contributed by atoms with van der Waals surface area (Å²) in [6.45, 7) is 4.11. The molecule has 2 atom stereocenters. The summed E-state index contributed by atoms with van der Waals surface area (Å²) in [6, 6.07) is 11.4. The van der Waals surface area contributed by atoms with E-state index in [0.717, 1.165) is 37.7 Å². The molecule has 3 heterocycles. The van der Waals surface area contributed by atoms with E-state index in [1.54, 1.807) is 23.4 Å². The molecule has 0 aliphatic carbocycles. The summed E-state index contributed by atoms with van der Waals surface area (Å²) in [5, 5.41) is 21.8. The molecule has 0 radical (unpaired) electrons. The lowest BCUT2D eigenvalue weighted by Crippen LogP contribution is -2.62. The SMILES string of the molecule is O=C(Cc1ccccc1)N1CC[C@](O)(CN2CCN(c3ncccn3)CC2)[C@@H](O)C1. The molecule has 2 aromatic rings.